The maximum absolute atomic E-state index is 6.63. The molecule has 0 bridgehead atoms. The lowest BCUT2D eigenvalue weighted by molar-refractivity contribution is 0.617. The normalized spacial score (nSPS) is 11.5. The van der Waals surface area contributed by atoms with Gasteiger partial charge in [0.2, 0.25) is 5.89 Å². The van der Waals surface area contributed by atoms with Crippen LogP contribution in [0.2, 0.25) is 0 Å². The fourth-order valence-corrected chi connectivity index (χ4v) is 8.16. The molecule has 4 nitrogen and oxygen atoms in total. The zero-order valence-electron chi connectivity index (χ0n) is 30.8. The lowest BCUT2D eigenvalue weighted by atomic mass is 9.90. The van der Waals surface area contributed by atoms with Crippen molar-refractivity contribution in [3.63, 3.8) is 0 Å². The molecule has 0 unspecified atom stereocenters. The number of hydrogen-bond acceptors (Lipinski definition) is 4. The van der Waals surface area contributed by atoms with Crippen LogP contribution in [0, 0.1) is 0 Å². The highest BCUT2D eigenvalue weighted by Crippen LogP contribution is 2.44. The molecular weight excluding hydrogens is 697 g/mol. The third-order valence-electron chi connectivity index (χ3n) is 10.9. The summed E-state index contributed by atoms with van der Waals surface area (Å²) in [6.07, 6.45) is 0. The van der Waals surface area contributed by atoms with Gasteiger partial charge in [-0.05, 0) is 98.8 Å². The van der Waals surface area contributed by atoms with Gasteiger partial charge in [-0.2, -0.15) is 0 Å². The Morgan fingerprint density at radius 1 is 0.333 bits per heavy atom. The number of aromatic nitrogens is 1. The van der Waals surface area contributed by atoms with Crippen molar-refractivity contribution >= 4 is 60.9 Å². The van der Waals surface area contributed by atoms with Crippen molar-refractivity contribution in [1.82, 2.24) is 4.98 Å². The Labute approximate surface area is 329 Å². The topological polar surface area (TPSA) is 42.4 Å². The van der Waals surface area contributed by atoms with E-state index in [1.165, 1.54) is 27.5 Å². The van der Waals surface area contributed by atoms with Crippen molar-refractivity contribution in [3.8, 4) is 44.8 Å². The Balaban J connectivity index is 1.10. The number of furan rings is 1. The van der Waals surface area contributed by atoms with Crippen LogP contribution in [0.15, 0.2) is 215 Å². The van der Waals surface area contributed by atoms with Crippen molar-refractivity contribution in [1.29, 1.82) is 0 Å². The van der Waals surface area contributed by atoms with Gasteiger partial charge in [-0.15, -0.1) is 0 Å². The largest absolute Gasteiger partial charge is 0.456 e. The quantitative estimate of drug-likeness (QED) is 0.164. The standard InChI is InChI=1S/C53H34N2O2/c1-4-14-35(15-5-1)39-22-12-23-40(30-39)55(41-26-28-44(36-16-6-2-7-17-36)47(31-41)45-25-13-21-37-18-10-11-24-43(37)45)42-27-29-46-48-33-49-52(34-51(48)56-50(46)32-42)57-53(54-49)38-19-8-3-9-20-38/h1-34H. The molecule has 0 radical (unpaired) electrons. The Morgan fingerprint density at radius 2 is 0.965 bits per heavy atom. The van der Waals surface area contributed by atoms with E-state index in [9.17, 15) is 0 Å². The molecular formula is C53H34N2O2. The Kier molecular flexibility index (Phi) is 7.78. The third-order valence-corrected chi connectivity index (χ3v) is 10.9. The molecule has 9 aromatic carbocycles. The van der Waals surface area contributed by atoms with Crippen LogP contribution in [0.4, 0.5) is 17.1 Å². The van der Waals surface area contributed by atoms with Crippen molar-refractivity contribution in [3.05, 3.63) is 206 Å². The minimum Gasteiger partial charge on any atom is -0.456 e. The van der Waals surface area contributed by atoms with Crippen molar-refractivity contribution in [2.75, 3.05) is 4.90 Å². The van der Waals surface area contributed by atoms with E-state index >= 15 is 0 Å². The second-order valence-electron chi connectivity index (χ2n) is 14.4. The maximum atomic E-state index is 6.63. The average molecular weight is 731 g/mol. The van der Waals surface area contributed by atoms with Crippen LogP contribution in [-0.2, 0) is 0 Å². The van der Waals surface area contributed by atoms with Gasteiger partial charge in [0.05, 0.1) is 0 Å². The molecule has 57 heavy (non-hydrogen) atoms. The lowest BCUT2D eigenvalue weighted by Gasteiger charge is -2.27. The van der Waals surface area contributed by atoms with E-state index in [2.05, 4.69) is 175 Å². The predicted molar refractivity (Wildman–Crippen MR) is 235 cm³/mol. The predicted octanol–water partition coefficient (Wildman–Crippen LogP) is 15.0. The molecule has 268 valence electrons. The fourth-order valence-electron chi connectivity index (χ4n) is 8.16. The highest BCUT2D eigenvalue weighted by atomic mass is 16.4. The molecule has 2 heterocycles. The van der Waals surface area contributed by atoms with Gasteiger partial charge < -0.3 is 13.7 Å². The van der Waals surface area contributed by atoms with E-state index in [1.54, 1.807) is 0 Å². The van der Waals surface area contributed by atoms with Gasteiger partial charge in [0.1, 0.15) is 16.7 Å². The summed E-state index contributed by atoms with van der Waals surface area (Å²) in [5.41, 5.74) is 14.0. The van der Waals surface area contributed by atoms with E-state index in [0.29, 0.717) is 11.5 Å². The van der Waals surface area contributed by atoms with Crippen LogP contribution in [0.1, 0.15) is 0 Å². The zero-order chi connectivity index (χ0) is 37.7. The number of rotatable bonds is 7. The van der Waals surface area contributed by atoms with Gasteiger partial charge in [0.15, 0.2) is 5.58 Å². The molecule has 11 rings (SSSR count). The number of nitrogens with zero attached hydrogens (tertiary/aromatic N) is 2. The molecule has 0 spiro atoms. The van der Waals surface area contributed by atoms with Gasteiger partial charge in [-0.3, -0.25) is 0 Å². The maximum Gasteiger partial charge on any atom is 0.227 e. The smallest absolute Gasteiger partial charge is 0.227 e. The first-order valence-corrected chi connectivity index (χ1v) is 19.2. The summed E-state index contributed by atoms with van der Waals surface area (Å²) >= 11 is 0. The van der Waals surface area contributed by atoms with E-state index in [4.69, 9.17) is 13.8 Å². The minimum atomic E-state index is 0.597. The van der Waals surface area contributed by atoms with Gasteiger partial charge in [0.25, 0.3) is 0 Å². The van der Waals surface area contributed by atoms with Gasteiger partial charge in [-0.1, -0.05) is 140 Å². The van der Waals surface area contributed by atoms with Crippen LogP contribution in [0.5, 0.6) is 0 Å². The Morgan fingerprint density at radius 3 is 1.79 bits per heavy atom. The number of anilines is 3. The van der Waals surface area contributed by atoms with Crippen LogP contribution in [-0.4, -0.2) is 4.98 Å². The Hall–Kier alpha value is -7.69. The van der Waals surface area contributed by atoms with E-state index in [1.807, 2.05) is 36.4 Å². The van der Waals surface area contributed by atoms with E-state index in [0.717, 1.165) is 66.8 Å². The van der Waals surface area contributed by atoms with Crippen LogP contribution in [0.25, 0.3) is 88.6 Å². The molecule has 4 heteroatoms. The first-order chi connectivity index (χ1) is 28.2. The molecule has 0 amide bonds. The second kappa shape index (κ2) is 13.6. The summed E-state index contributed by atoms with van der Waals surface area (Å²) in [5, 5.41) is 4.45. The third kappa shape index (κ3) is 5.83. The van der Waals surface area contributed by atoms with Crippen molar-refractivity contribution in [2.45, 2.75) is 0 Å². The highest BCUT2D eigenvalue weighted by molar-refractivity contribution is 6.10. The van der Waals surface area contributed by atoms with Crippen LogP contribution < -0.4 is 4.90 Å². The molecule has 0 aliphatic rings. The lowest BCUT2D eigenvalue weighted by Crippen LogP contribution is -2.10. The molecule has 0 saturated carbocycles. The molecule has 0 fully saturated rings. The highest BCUT2D eigenvalue weighted by Gasteiger charge is 2.20. The first kappa shape index (κ1) is 32.7. The fraction of sp³-hybridized carbons (Fsp3) is 0. The monoisotopic (exact) mass is 730 g/mol. The number of fused-ring (bicyclic) bond motifs is 5. The molecule has 11 aromatic rings. The van der Waals surface area contributed by atoms with E-state index in [-0.39, 0.29) is 0 Å². The molecule has 0 N–H and O–H groups in total. The van der Waals surface area contributed by atoms with Crippen LogP contribution in [0.3, 0.4) is 0 Å². The van der Waals surface area contributed by atoms with Gasteiger partial charge in [0, 0.05) is 45.5 Å². The summed E-state index contributed by atoms with van der Waals surface area (Å²) in [4.78, 5) is 7.18. The first-order valence-electron chi connectivity index (χ1n) is 19.2. The van der Waals surface area contributed by atoms with E-state index < -0.39 is 0 Å². The molecule has 0 aliphatic heterocycles. The molecule has 0 atom stereocenters. The number of benzene rings is 9. The van der Waals surface area contributed by atoms with Crippen molar-refractivity contribution in [2.24, 2.45) is 0 Å². The van der Waals surface area contributed by atoms with Crippen LogP contribution >= 0.6 is 0 Å². The second-order valence-corrected chi connectivity index (χ2v) is 14.4. The summed E-state index contributed by atoms with van der Waals surface area (Å²) in [5.74, 6) is 0.597. The molecule has 0 saturated heterocycles. The summed E-state index contributed by atoms with van der Waals surface area (Å²) in [6, 6.07) is 72.6. The summed E-state index contributed by atoms with van der Waals surface area (Å²) in [7, 11) is 0. The zero-order valence-corrected chi connectivity index (χ0v) is 30.8. The summed E-state index contributed by atoms with van der Waals surface area (Å²) < 4.78 is 12.9. The average Bonchev–Trinajstić information content (AvgIpc) is 3.86. The number of hydrogen-bond donors (Lipinski definition) is 0. The summed E-state index contributed by atoms with van der Waals surface area (Å²) in [6.45, 7) is 0. The SMILES string of the molecule is c1ccc(-c2cccc(N(c3ccc(-c4ccccc4)c(-c4cccc5ccccc45)c3)c3ccc4c(c3)oc3cc5oc(-c6ccccc6)nc5cc34)c2)cc1. The minimum absolute atomic E-state index is 0.597. The van der Waals surface area contributed by atoms with Crippen molar-refractivity contribution < 1.29 is 8.83 Å². The van der Waals surface area contributed by atoms with Gasteiger partial charge in [-0.25, -0.2) is 4.98 Å². The molecule has 0 aliphatic carbocycles. The van der Waals surface area contributed by atoms with Gasteiger partial charge >= 0.3 is 0 Å². The Bertz CT molecular complexity index is 3230. The molecule has 2 aromatic heterocycles. The number of oxazole rings is 1.